The molecule has 0 saturated carbocycles. The molecule has 128 valence electrons. The van der Waals surface area contributed by atoms with E-state index in [1.54, 1.807) is 0 Å². The Morgan fingerprint density at radius 3 is 2.04 bits per heavy atom. The number of para-hydroxylation sites is 1. The van der Waals surface area contributed by atoms with Gasteiger partial charge in [0.1, 0.15) is 0 Å². The van der Waals surface area contributed by atoms with Crippen LogP contribution >= 0.6 is 24.8 Å². The molecule has 1 aromatic heterocycles. The molecule has 0 N–H and O–H groups in total. The minimum absolute atomic E-state index is 0. The molecular weight excluding hydrogens is 341 g/mol. The Hall–Kier alpha value is -1.97. The highest BCUT2D eigenvalue weighted by Crippen LogP contribution is 2.27. The maximum Gasteiger partial charge on any atom is 0.0952 e. The van der Waals surface area contributed by atoms with Crippen molar-refractivity contribution in [2.45, 2.75) is 19.0 Å². The number of imidazole rings is 1. The molecule has 0 saturated heterocycles. The number of hydrogen-bond acceptors (Lipinski definition) is 2. The van der Waals surface area contributed by atoms with E-state index in [2.05, 4.69) is 83.0 Å². The summed E-state index contributed by atoms with van der Waals surface area (Å²) in [6.45, 7) is 2.25. The lowest BCUT2D eigenvalue weighted by molar-refractivity contribution is 0.478. The second kappa shape index (κ2) is 9.36. The monoisotopic (exact) mass is 363 g/mol. The molecule has 3 aromatic rings. The number of rotatable bonds is 5. The SMILES string of the molecule is C[C@H]([C@H](c1ccccc1)n1ccnc1)N(C)c1ccccc1.Cl.Cl. The lowest BCUT2D eigenvalue weighted by Gasteiger charge is -2.34. The fourth-order valence-corrected chi connectivity index (χ4v) is 2.89. The van der Waals surface area contributed by atoms with Crippen molar-refractivity contribution in [3.63, 3.8) is 0 Å². The van der Waals surface area contributed by atoms with Gasteiger partial charge in [-0.1, -0.05) is 48.5 Å². The predicted octanol–water partition coefficient (Wildman–Crippen LogP) is 4.84. The van der Waals surface area contributed by atoms with Gasteiger partial charge in [-0.3, -0.25) is 0 Å². The zero-order valence-corrected chi connectivity index (χ0v) is 15.5. The molecule has 2 aromatic carbocycles. The summed E-state index contributed by atoms with van der Waals surface area (Å²) in [6, 6.07) is 21.6. The molecule has 24 heavy (non-hydrogen) atoms. The van der Waals surface area contributed by atoms with Crippen LogP contribution in [-0.2, 0) is 0 Å². The van der Waals surface area contributed by atoms with Gasteiger partial charge < -0.3 is 9.47 Å². The molecule has 3 rings (SSSR count). The van der Waals surface area contributed by atoms with Gasteiger partial charge >= 0.3 is 0 Å². The Morgan fingerprint density at radius 2 is 1.50 bits per heavy atom. The summed E-state index contributed by atoms with van der Waals surface area (Å²) in [5, 5.41) is 0. The molecule has 0 radical (unpaired) electrons. The van der Waals surface area contributed by atoms with Crippen LogP contribution in [0.15, 0.2) is 79.4 Å². The van der Waals surface area contributed by atoms with E-state index in [1.807, 2.05) is 24.8 Å². The molecule has 0 amide bonds. The van der Waals surface area contributed by atoms with Crippen molar-refractivity contribution in [3.8, 4) is 0 Å². The van der Waals surface area contributed by atoms with Gasteiger partial charge in [0.2, 0.25) is 0 Å². The van der Waals surface area contributed by atoms with Crippen LogP contribution in [0, 0.1) is 0 Å². The normalized spacial score (nSPS) is 12.4. The van der Waals surface area contributed by atoms with E-state index in [0.29, 0.717) is 6.04 Å². The standard InChI is InChI=1S/C19H21N3.2ClH/c1-16(21(2)18-11-7-4-8-12-18)19(22-14-13-20-15-22)17-9-5-3-6-10-17;;/h3-16,19H,1-2H3;2*1H/t16-,19-;;/m1../s1. The molecule has 0 spiro atoms. The van der Waals surface area contributed by atoms with Crippen molar-refractivity contribution in [2.75, 3.05) is 11.9 Å². The first kappa shape index (κ1) is 20.1. The van der Waals surface area contributed by atoms with Gasteiger partial charge in [0.05, 0.1) is 18.4 Å². The second-order valence-electron chi connectivity index (χ2n) is 5.55. The lowest BCUT2D eigenvalue weighted by atomic mass is 9.99. The van der Waals surface area contributed by atoms with Gasteiger partial charge in [-0.05, 0) is 24.6 Å². The van der Waals surface area contributed by atoms with Crippen LogP contribution in [0.25, 0.3) is 0 Å². The number of halogens is 2. The molecule has 0 unspecified atom stereocenters. The molecule has 1 heterocycles. The second-order valence-corrected chi connectivity index (χ2v) is 5.55. The topological polar surface area (TPSA) is 21.1 Å². The van der Waals surface area contributed by atoms with Gasteiger partial charge in [0.15, 0.2) is 0 Å². The quantitative estimate of drug-likeness (QED) is 0.646. The summed E-state index contributed by atoms with van der Waals surface area (Å²) in [5.41, 5.74) is 2.51. The van der Waals surface area contributed by atoms with Crippen molar-refractivity contribution >= 4 is 30.5 Å². The maximum atomic E-state index is 4.23. The third kappa shape index (κ3) is 4.31. The first-order valence-electron chi connectivity index (χ1n) is 7.57. The van der Waals surface area contributed by atoms with Gasteiger partial charge in [-0.15, -0.1) is 24.8 Å². The molecule has 2 atom stereocenters. The molecule has 0 fully saturated rings. The minimum Gasteiger partial charge on any atom is -0.369 e. The number of nitrogens with zero attached hydrogens (tertiary/aromatic N) is 3. The summed E-state index contributed by atoms with van der Waals surface area (Å²) in [5.74, 6) is 0. The fourth-order valence-electron chi connectivity index (χ4n) is 2.89. The smallest absolute Gasteiger partial charge is 0.0952 e. The highest BCUT2D eigenvalue weighted by atomic mass is 35.5. The van der Waals surface area contributed by atoms with Crippen molar-refractivity contribution in [2.24, 2.45) is 0 Å². The molecule has 0 aliphatic heterocycles. The van der Waals surface area contributed by atoms with Crippen molar-refractivity contribution in [3.05, 3.63) is 84.9 Å². The molecule has 3 nitrogen and oxygen atoms in total. The summed E-state index contributed by atoms with van der Waals surface area (Å²) in [6.07, 6.45) is 5.77. The lowest BCUT2D eigenvalue weighted by Crippen LogP contribution is -2.37. The third-order valence-electron chi connectivity index (χ3n) is 4.22. The van der Waals surface area contributed by atoms with Crippen LogP contribution in [0.3, 0.4) is 0 Å². The zero-order chi connectivity index (χ0) is 15.4. The highest BCUT2D eigenvalue weighted by Gasteiger charge is 2.24. The molecule has 0 aliphatic rings. The first-order valence-corrected chi connectivity index (χ1v) is 7.57. The van der Waals surface area contributed by atoms with Gasteiger partial charge in [0.25, 0.3) is 0 Å². The number of likely N-dealkylation sites (N-methyl/N-ethyl adjacent to an activating group) is 1. The van der Waals surface area contributed by atoms with Crippen molar-refractivity contribution < 1.29 is 0 Å². The minimum atomic E-state index is 0. The van der Waals surface area contributed by atoms with Crippen LogP contribution in [0.2, 0.25) is 0 Å². The van der Waals surface area contributed by atoms with E-state index in [1.165, 1.54) is 11.3 Å². The van der Waals surface area contributed by atoms with Crippen molar-refractivity contribution in [1.82, 2.24) is 9.55 Å². The Kier molecular flexibility index (Phi) is 7.83. The van der Waals surface area contributed by atoms with E-state index in [0.717, 1.165) is 0 Å². The van der Waals surface area contributed by atoms with Gasteiger partial charge in [-0.25, -0.2) is 4.98 Å². The van der Waals surface area contributed by atoms with Crippen LogP contribution in [-0.4, -0.2) is 22.6 Å². The fraction of sp³-hybridized carbons (Fsp3) is 0.211. The van der Waals surface area contributed by atoms with Crippen LogP contribution in [0.4, 0.5) is 5.69 Å². The highest BCUT2D eigenvalue weighted by molar-refractivity contribution is 5.85. The summed E-state index contributed by atoms with van der Waals surface area (Å²) in [7, 11) is 2.15. The molecule has 5 heteroatoms. The number of anilines is 1. The van der Waals surface area contributed by atoms with E-state index < -0.39 is 0 Å². The Bertz CT molecular complexity index is 687. The predicted molar refractivity (Wildman–Crippen MR) is 106 cm³/mol. The van der Waals surface area contributed by atoms with E-state index in [4.69, 9.17) is 0 Å². The molecular formula is C19H23Cl2N3. The first-order chi connectivity index (χ1) is 10.8. The molecule has 0 bridgehead atoms. The largest absolute Gasteiger partial charge is 0.369 e. The Balaban J connectivity index is 0.00000144. The van der Waals surface area contributed by atoms with Crippen molar-refractivity contribution in [1.29, 1.82) is 0 Å². The average Bonchev–Trinajstić information content (AvgIpc) is 3.10. The third-order valence-corrected chi connectivity index (χ3v) is 4.22. The summed E-state index contributed by atoms with van der Waals surface area (Å²) in [4.78, 5) is 6.54. The average molecular weight is 364 g/mol. The van der Waals surface area contributed by atoms with Gasteiger partial charge in [-0.2, -0.15) is 0 Å². The van der Waals surface area contributed by atoms with E-state index >= 15 is 0 Å². The Morgan fingerprint density at radius 1 is 0.917 bits per heavy atom. The number of hydrogen-bond donors (Lipinski definition) is 0. The van der Waals surface area contributed by atoms with Crippen LogP contribution in [0.5, 0.6) is 0 Å². The van der Waals surface area contributed by atoms with E-state index in [-0.39, 0.29) is 30.9 Å². The Labute approximate surface area is 156 Å². The summed E-state index contributed by atoms with van der Waals surface area (Å²) >= 11 is 0. The van der Waals surface area contributed by atoms with Crippen LogP contribution < -0.4 is 4.90 Å². The maximum absolute atomic E-state index is 4.23. The van der Waals surface area contributed by atoms with Gasteiger partial charge in [0, 0.05) is 25.1 Å². The number of aromatic nitrogens is 2. The zero-order valence-electron chi connectivity index (χ0n) is 13.8. The van der Waals surface area contributed by atoms with Crippen LogP contribution in [0.1, 0.15) is 18.5 Å². The molecule has 0 aliphatic carbocycles. The summed E-state index contributed by atoms with van der Waals surface area (Å²) < 4.78 is 2.18. The van der Waals surface area contributed by atoms with E-state index in [9.17, 15) is 0 Å². The number of benzene rings is 2.